The molecule has 3 unspecified atom stereocenters. The fraction of sp³-hybridized carbons (Fsp3) is 0.818. The van der Waals surface area contributed by atoms with E-state index in [9.17, 15) is 0 Å². The zero-order valence-corrected chi connectivity index (χ0v) is 10.1. The van der Waals surface area contributed by atoms with Crippen LogP contribution in [0.15, 0.2) is 4.42 Å². The van der Waals surface area contributed by atoms with Gasteiger partial charge in [0.2, 0.25) is 11.8 Å². The highest BCUT2D eigenvalue weighted by molar-refractivity contribution is 4.99. The van der Waals surface area contributed by atoms with Gasteiger partial charge in [-0.25, -0.2) is 0 Å². The van der Waals surface area contributed by atoms with E-state index in [1.54, 1.807) is 0 Å². The summed E-state index contributed by atoms with van der Waals surface area (Å²) in [6.07, 6.45) is 2.20. The Bertz CT molecular complexity index is 340. The first-order chi connectivity index (χ1) is 7.76. The summed E-state index contributed by atoms with van der Waals surface area (Å²) in [5.74, 6) is 1.65. The van der Waals surface area contributed by atoms with Gasteiger partial charge in [0.1, 0.15) is 0 Å². The Balaban J connectivity index is 2.12. The topological polar surface area (TPSA) is 60.2 Å². The maximum Gasteiger partial charge on any atom is 0.233 e. The fourth-order valence-electron chi connectivity index (χ4n) is 2.03. The Hall–Kier alpha value is -0.940. The molecule has 1 aliphatic heterocycles. The molecule has 2 heterocycles. The molecular weight excluding hydrogens is 206 g/mol. The molecule has 16 heavy (non-hydrogen) atoms. The van der Waals surface area contributed by atoms with Gasteiger partial charge < -0.3 is 14.5 Å². The second-order valence-corrected chi connectivity index (χ2v) is 4.20. The Morgan fingerprint density at radius 2 is 2.31 bits per heavy atom. The number of hydrogen-bond donors (Lipinski definition) is 1. The number of ether oxygens (including phenoxy) is 1. The van der Waals surface area contributed by atoms with Gasteiger partial charge in [-0.15, -0.1) is 10.2 Å². The van der Waals surface area contributed by atoms with Crippen molar-refractivity contribution >= 4 is 0 Å². The minimum atomic E-state index is 0.101. The molecule has 1 fully saturated rings. The van der Waals surface area contributed by atoms with Crippen molar-refractivity contribution < 1.29 is 9.15 Å². The lowest BCUT2D eigenvalue weighted by Gasteiger charge is -2.12. The summed E-state index contributed by atoms with van der Waals surface area (Å²) in [7, 11) is 1.88. The van der Waals surface area contributed by atoms with Gasteiger partial charge in [-0.2, -0.15) is 0 Å². The summed E-state index contributed by atoms with van der Waals surface area (Å²) in [6, 6.07) is 0.101. The fourth-order valence-corrected chi connectivity index (χ4v) is 2.03. The monoisotopic (exact) mass is 225 g/mol. The Kier molecular flexibility index (Phi) is 3.56. The zero-order valence-electron chi connectivity index (χ0n) is 10.1. The highest BCUT2D eigenvalue weighted by atomic mass is 16.5. The third kappa shape index (κ3) is 2.10. The van der Waals surface area contributed by atoms with E-state index in [0.717, 1.165) is 25.3 Å². The molecule has 5 heteroatoms. The lowest BCUT2D eigenvalue weighted by molar-refractivity contribution is 0.0961. The van der Waals surface area contributed by atoms with E-state index in [1.807, 2.05) is 14.0 Å². The summed E-state index contributed by atoms with van der Waals surface area (Å²) in [5, 5.41) is 11.3. The van der Waals surface area contributed by atoms with Gasteiger partial charge in [0.25, 0.3) is 0 Å². The van der Waals surface area contributed by atoms with Crippen LogP contribution >= 0.6 is 0 Å². The molecule has 0 amide bonds. The van der Waals surface area contributed by atoms with E-state index in [1.165, 1.54) is 0 Å². The van der Waals surface area contributed by atoms with Crippen LogP contribution in [-0.4, -0.2) is 30.0 Å². The molecule has 0 aromatic carbocycles. The third-order valence-corrected chi connectivity index (χ3v) is 3.19. The van der Waals surface area contributed by atoms with Crippen LogP contribution in [0.2, 0.25) is 0 Å². The minimum absolute atomic E-state index is 0.101. The maximum absolute atomic E-state index is 5.69. The second-order valence-electron chi connectivity index (χ2n) is 4.20. The first-order valence-electron chi connectivity index (χ1n) is 5.88. The molecule has 3 atom stereocenters. The highest BCUT2D eigenvalue weighted by Gasteiger charge is 2.32. The third-order valence-electron chi connectivity index (χ3n) is 3.19. The highest BCUT2D eigenvalue weighted by Crippen LogP contribution is 2.32. The van der Waals surface area contributed by atoms with Gasteiger partial charge in [-0.1, -0.05) is 6.92 Å². The van der Waals surface area contributed by atoms with E-state index in [-0.39, 0.29) is 18.1 Å². The maximum atomic E-state index is 5.69. The lowest BCUT2D eigenvalue weighted by Crippen LogP contribution is -2.13. The SMILES string of the molecule is CCC1OCCC1c1nnc(C(C)NC)o1. The van der Waals surface area contributed by atoms with Crippen LogP contribution in [0.1, 0.15) is 50.4 Å². The molecule has 2 rings (SSSR count). The van der Waals surface area contributed by atoms with Crippen molar-refractivity contribution in [2.75, 3.05) is 13.7 Å². The van der Waals surface area contributed by atoms with Crippen molar-refractivity contribution in [3.8, 4) is 0 Å². The largest absolute Gasteiger partial charge is 0.423 e. The van der Waals surface area contributed by atoms with Crippen LogP contribution in [0.25, 0.3) is 0 Å². The zero-order chi connectivity index (χ0) is 11.5. The smallest absolute Gasteiger partial charge is 0.233 e. The molecule has 1 saturated heterocycles. The van der Waals surface area contributed by atoms with E-state index >= 15 is 0 Å². The number of rotatable bonds is 4. The predicted molar refractivity (Wildman–Crippen MR) is 59.2 cm³/mol. The molecule has 90 valence electrons. The molecule has 1 aromatic heterocycles. The van der Waals surface area contributed by atoms with Crippen LogP contribution in [0.5, 0.6) is 0 Å². The van der Waals surface area contributed by atoms with Gasteiger partial charge in [-0.05, 0) is 26.8 Å². The summed E-state index contributed by atoms with van der Waals surface area (Å²) < 4.78 is 11.3. The van der Waals surface area contributed by atoms with Gasteiger partial charge >= 0.3 is 0 Å². The summed E-state index contributed by atoms with van der Waals surface area (Å²) >= 11 is 0. The molecule has 0 aliphatic carbocycles. The second kappa shape index (κ2) is 4.93. The van der Waals surface area contributed by atoms with Gasteiger partial charge in [0.05, 0.1) is 18.1 Å². The van der Waals surface area contributed by atoms with Crippen molar-refractivity contribution in [1.29, 1.82) is 0 Å². The number of nitrogens with one attached hydrogen (secondary N) is 1. The average molecular weight is 225 g/mol. The minimum Gasteiger partial charge on any atom is -0.423 e. The molecule has 1 N–H and O–H groups in total. The Morgan fingerprint density at radius 1 is 1.50 bits per heavy atom. The standard InChI is InChI=1S/C11H19N3O2/c1-4-9-8(5-6-15-9)11-14-13-10(16-11)7(2)12-3/h7-9,12H,4-6H2,1-3H3. The molecule has 0 saturated carbocycles. The van der Waals surface area contributed by atoms with Crippen LogP contribution in [-0.2, 0) is 4.74 Å². The lowest BCUT2D eigenvalue weighted by atomic mass is 10.00. The van der Waals surface area contributed by atoms with Crippen molar-refractivity contribution in [2.24, 2.45) is 0 Å². The van der Waals surface area contributed by atoms with Crippen molar-refractivity contribution in [2.45, 2.75) is 44.8 Å². The van der Waals surface area contributed by atoms with Crippen molar-refractivity contribution in [3.05, 3.63) is 11.8 Å². The van der Waals surface area contributed by atoms with Crippen molar-refractivity contribution in [1.82, 2.24) is 15.5 Å². The number of hydrogen-bond acceptors (Lipinski definition) is 5. The van der Waals surface area contributed by atoms with Crippen LogP contribution in [0.4, 0.5) is 0 Å². The van der Waals surface area contributed by atoms with E-state index in [4.69, 9.17) is 9.15 Å². The van der Waals surface area contributed by atoms with E-state index < -0.39 is 0 Å². The van der Waals surface area contributed by atoms with E-state index in [0.29, 0.717) is 5.89 Å². The van der Waals surface area contributed by atoms with Crippen molar-refractivity contribution in [3.63, 3.8) is 0 Å². The van der Waals surface area contributed by atoms with E-state index in [2.05, 4.69) is 22.4 Å². The first-order valence-corrected chi connectivity index (χ1v) is 5.88. The van der Waals surface area contributed by atoms with Crippen LogP contribution in [0, 0.1) is 0 Å². The molecule has 0 bridgehead atoms. The number of nitrogens with zero attached hydrogens (tertiary/aromatic N) is 2. The predicted octanol–water partition coefficient (Wildman–Crippen LogP) is 1.63. The summed E-state index contributed by atoms with van der Waals surface area (Å²) in [4.78, 5) is 0. The van der Waals surface area contributed by atoms with Gasteiger partial charge in [0, 0.05) is 6.61 Å². The van der Waals surface area contributed by atoms with Gasteiger partial charge in [0.15, 0.2) is 0 Å². The quantitative estimate of drug-likeness (QED) is 0.844. The normalized spacial score (nSPS) is 27.2. The molecule has 1 aromatic rings. The van der Waals surface area contributed by atoms with Gasteiger partial charge in [-0.3, -0.25) is 0 Å². The summed E-state index contributed by atoms with van der Waals surface area (Å²) in [5.41, 5.74) is 0. The van der Waals surface area contributed by atoms with Crippen LogP contribution < -0.4 is 5.32 Å². The molecular formula is C11H19N3O2. The molecule has 0 radical (unpaired) electrons. The van der Waals surface area contributed by atoms with Crippen LogP contribution in [0.3, 0.4) is 0 Å². The first kappa shape index (κ1) is 11.5. The average Bonchev–Trinajstić information content (AvgIpc) is 2.95. The number of aromatic nitrogens is 2. The Labute approximate surface area is 95.6 Å². The molecule has 1 aliphatic rings. The molecule has 0 spiro atoms. The summed E-state index contributed by atoms with van der Waals surface area (Å²) in [6.45, 7) is 4.92. The Morgan fingerprint density at radius 3 is 3.00 bits per heavy atom. The molecule has 5 nitrogen and oxygen atoms in total.